The first-order valence-electron chi connectivity index (χ1n) is 4.44. The third-order valence-electron chi connectivity index (χ3n) is 2.42. The van der Waals surface area contributed by atoms with Crippen LogP contribution in [0.5, 0.6) is 0 Å². The zero-order chi connectivity index (χ0) is 8.27. The van der Waals surface area contributed by atoms with Crippen molar-refractivity contribution in [1.29, 1.82) is 0 Å². The molecule has 1 rings (SSSR count). The maximum absolute atomic E-state index is 5.39. The van der Waals surface area contributed by atoms with Crippen molar-refractivity contribution in [1.82, 2.24) is 4.90 Å². The maximum Gasteiger partial charge on any atom is 0.0328 e. The Morgan fingerprint density at radius 3 is 2.82 bits per heavy atom. The van der Waals surface area contributed by atoms with E-state index in [1.807, 2.05) is 0 Å². The lowest BCUT2D eigenvalue weighted by atomic mass is 9.98. The summed E-state index contributed by atoms with van der Waals surface area (Å²) in [5, 5.41) is 0. The van der Waals surface area contributed by atoms with Crippen molar-refractivity contribution < 1.29 is 0 Å². The SMILES string of the molecule is C#C[C@H]1CCCN(C(C)C)C1. The number of nitrogens with zero attached hydrogens (tertiary/aromatic N) is 1. The molecule has 0 aromatic heterocycles. The van der Waals surface area contributed by atoms with Gasteiger partial charge in [-0.05, 0) is 33.2 Å². The molecule has 62 valence electrons. The van der Waals surface area contributed by atoms with Crippen LogP contribution in [0.4, 0.5) is 0 Å². The summed E-state index contributed by atoms with van der Waals surface area (Å²) in [6.07, 6.45) is 7.88. The van der Waals surface area contributed by atoms with Crippen LogP contribution in [0, 0.1) is 18.3 Å². The van der Waals surface area contributed by atoms with E-state index in [9.17, 15) is 0 Å². The predicted molar refractivity (Wildman–Crippen MR) is 48.3 cm³/mol. The number of hydrogen-bond acceptors (Lipinski definition) is 1. The minimum Gasteiger partial charge on any atom is -0.300 e. The highest BCUT2D eigenvalue weighted by Gasteiger charge is 2.19. The Hall–Kier alpha value is -0.480. The minimum absolute atomic E-state index is 0.506. The van der Waals surface area contributed by atoms with E-state index in [-0.39, 0.29) is 0 Å². The summed E-state index contributed by atoms with van der Waals surface area (Å²) in [7, 11) is 0. The molecule has 0 radical (unpaired) electrons. The molecule has 0 aromatic carbocycles. The van der Waals surface area contributed by atoms with Gasteiger partial charge in [0.2, 0.25) is 0 Å². The number of piperidine rings is 1. The summed E-state index contributed by atoms with van der Waals surface area (Å²) in [6, 6.07) is 0.658. The summed E-state index contributed by atoms with van der Waals surface area (Å²) in [4.78, 5) is 2.47. The van der Waals surface area contributed by atoms with Crippen LogP contribution in [0.2, 0.25) is 0 Å². The quantitative estimate of drug-likeness (QED) is 0.516. The molecule has 1 aliphatic rings. The molecule has 1 atom stereocenters. The molecule has 1 heteroatoms. The van der Waals surface area contributed by atoms with E-state index >= 15 is 0 Å². The fourth-order valence-corrected chi connectivity index (χ4v) is 1.61. The monoisotopic (exact) mass is 151 g/mol. The first kappa shape index (κ1) is 8.62. The van der Waals surface area contributed by atoms with Gasteiger partial charge in [0.1, 0.15) is 0 Å². The molecule has 0 aromatic rings. The van der Waals surface area contributed by atoms with E-state index in [0.717, 1.165) is 6.54 Å². The van der Waals surface area contributed by atoms with Crippen molar-refractivity contribution in [3.63, 3.8) is 0 Å². The average Bonchev–Trinajstić information content (AvgIpc) is 2.05. The zero-order valence-corrected chi connectivity index (χ0v) is 7.51. The molecule has 0 amide bonds. The lowest BCUT2D eigenvalue weighted by molar-refractivity contribution is 0.161. The first-order valence-corrected chi connectivity index (χ1v) is 4.44. The van der Waals surface area contributed by atoms with Crippen molar-refractivity contribution in [3.05, 3.63) is 0 Å². The lowest BCUT2D eigenvalue weighted by Crippen LogP contribution is -2.39. The fraction of sp³-hybridized carbons (Fsp3) is 0.800. The summed E-state index contributed by atoms with van der Waals surface area (Å²) in [6.45, 7) is 6.81. The molecule has 1 saturated heterocycles. The smallest absolute Gasteiger partial charge is 0.0328 e. The Labute approximate surface area is 69.8 Å². The predicted octanol–water partition coefficient (Wildman–Crippen LogP) is 1.74. The van der Waals surface area contributed by atoms with Crippen LogP contribution < -0.4 is 0 Å². The Balaban J connectivity index is 2.41. The minimum atomic E-state index is 0.506. The van der Waals surface area contributed by atoms with Crippen LogP contribution in [0.3, 0.4) is 0 Å². The summed E-state index contributed by atoms with van der Waals surface area (Å²) >= 11 is 0. The third-order valence-corrected chi connectivity index (χ3v) is 2.42. The largest absolute Gasteiger partial charge is 0.300 e. The molecule has 1 fully saturated rings. The van der Waals surface area contributed by atoms with Crippen molar-refractivity contribution in [2.75, 3.05) is 13.1 Å². The Kier molecular flexibility index (Phi) is 2.96. The second kappa shape index (κ2) is 3.78. The highest BCUT2D eigenvalue weighted by Crippen LogP contribution is 2.16. The Morgan fingerprint density at radius 2 is 2.27 bits per heavy atom. The van der Waals surface area contributed by atoms with Gasteiger partial charge in [-0.2, -0.15) is 0 Å². The maximum atomic E-state index is 5.39. The lowest BCUT2D eigenvalue weighted by Gasteiger charge is -2.33. The van der Waals surface area contributed by atoms with Crippen LogP contribution in [0.25, 0.3) is 0 Å². The molecule has 0 aliphatic carbocycles. The molecule has 0 bridgehead atoms. The van der Waals surface area contributed by atoms with Gasteiger partial charge in [-0.15, -0.1) is 12.3 Å². The Bertz CT molecular complexity index is 155. The van der Waals surface area contributed by atoms with Gasteiger partial charge < -0.3 is 0 Å². The van der Waals surface area contributed by atoms with E-state index in [4.69, 9.17) is 6.42 Å². The molecule has 0 saturated carbocycles. The van der Waals surface area contributed by atoms with E-state index < -0.39 is 0 Å². The normalized spacial score (nSPS) is 26.9. The fourth-order valence-electron chi connectivity index (χ4n) is 1.61. The van der Waals surface area contributed by atoms with Crippen molar-refractivity contribution in [3.8, 4) is 12.3 Å². The van der Waals surface area contributed by atoms with E-state index in [1.54, 1.807) is 0 Å². The van der Waals surface area contributed by atoms with Gasteiger partial charge in [-0.25, -0.2) is 0 Å². The van der Waals surface area contributed by atoms with Crippen LogP contribution in [0.15, 0.2) is 0 Å². The first-order chi connectivity index (χ1) is 5.24. The van der Waals surface area contributed by atoms with Gasteiger partial charge >= 0.3 is 0 Å². The van der Waals surface area contributed by atoms with Gasteiger partial charge in [0.25, 0.3) is 0 Å². The van der Waals surface area contributed by atoms with Crippen molar-refractivity contribution in [2.45, 2.75) is 32.7 Å². The molecule has 1 heterocycles. The van der Waals surface area contributed by atoms with Gasteiger partial charge in [-0.1, -0.05) is 0 Å². The molecular formula is C10H17N. The topological polar surface area (TPSA) is 3.24 Å². The zero-order valence-electron chi connectivity index (χ0n) is 7.51. The van der Waals surface area contributed by atoms with E-state index in [2.05, 4.69) is 24.7 Å². The molecule has 0 N–H and O–H groups in total. The summed E-state index contributed by atoms with van der Waals surface area (Å²) in [5.41, 5.74) is 0. The molecule has 0 spiro atoms. The van der Waals surface area contributed by atoms with Crippen LogP contribution in [-0.4, -0.2) is 24.0 Å². The molecule has 1 aliphatic heterocycles. The molecule has 0 unspecified atom stereocenters. The van der Waals surface area contributed by atoms with Gasteiger partial charge in [0.05, 0.1) is 0 Å². The molecule has 11 heavy (non-hydrogen) atoms. The number of hydrogen-bond donors (Lipinski definition) is 0. The van der Waals surface area contributed by atoms with Crippen LogP contribution in [0.1, 0.15) is 26.7 Å². The van der Waals surface area contributed by atoms with Crippen LogP contribution >= 0.6 is 0 Å². The van der Waals surface area contributed by atoms with E-state index in [1.165, 1.54) is 19.4 Å². The van der Waals surface area contributed by atoms with Crippen LogP contribution in [-0.2, 0) is 0 Å². The van der Waals surface area contributed by atoms with Crippen molar-refractivity contribution in [2.24, 2.45) is 5.92 Å². The average molecular weight is 151 g/mol. The number of rotatable bonds is 1. The Morgan fingerprint density at radius 1 is 1.55 bits per heavy atom. The number of terminal acetylenes is 1. The van der Waals surface area contributed by atoms with Crippen molar-refractivity contribution >= 4 is 0 Å². The highest BCUT2D eigenvalue weighted by atomic mass is 15.1. The van der Waals surface area contributed by atoms with Gasteiger partial charge in [-0.3, -0.25) is 4.90 Å². The number of likely N-dealkylation sites (tertiary alicyclic amines) is 1. The molecular weight excluding hydrogens is 134 g/mol. The third kappa shape index (κ3) is 2.24. The molecule has 1 nitrogen and oxygen atoms in total. The second-order valence-corrected chi connectivity index (χ2v) is 3.59. The van der Waals surface area contributed by atoms with Gasteiger partial charge in [0.15, 0.2) is 0 Å². The second-order valence-electron chi connectivity index (χ2n) is 3.59. The standard InChI is InChI=1S/C10H17N/c1-4-10-6-5-7-11(8-10)9(2)3/h1,9-10H,5-8H2,2-3H3/t10-/m0/s1. The summed E-state index contributed by atoms with van der Waals surface area (Å²) in [5.74, 6) is 3.35. The summed E-state index contributed by atoms with van der Waals surface area (Å²) < 4.78 is 0. The van der Waals surface area contributed by atoms with E-state index in [0.29, 0.717) is 12.0 Å². The highest BCUT2D eigenvalue weighted by molar-refractivity contribution is 4.96. The van der Waals surface area contributed by atoms with Gasteiger partial charge in [0, 0.05) is 18.5 Å².